The van der Waals surface area contributed by atoms with Crippen LogP contribution in [0.1, 0.15) is 35.3 Å². The second-order valence-corrected chi connectivity index (χ2v) is 7.88. The summed E-state index contributed by atoms with van der Waals surface area (Å²) in [5.74, 6) is 1.27. The molecule has 0 saturated heterocycles. The average Bonchev–Trinajstić information content (AvgIpc) is 2.89. The summed E-state index contributed by atoms with van der Waals surface area (Å²) in [6, 6.07) is 14.1. The Hall–Kier alpha value is -4.31. The summed E-state index contributed by atoms with van der Waals surface area (Å²) in [7, 11) is 1.47. The fourth-order valence-corrected chi connectivity index (χ4v) is 3.52. The standard InChI is InChI=1S/C26H26ClN3O7/c1-4-35-22-11-8-19(14-23(22)36-5-2)26(31)29-28-15-18-12-21(27)25(24(13-18)34-3)37-16-17-6-9-20(10-7-17)30(32)33/h6-15H,4-5,16H2,1-3H3,(H,29,31)/b28-15+. The zero-order chi connectivity index (χ0) is 26.8. The number of nitrogens with one attached hydrogen (secondary N) is 1. The third-order valence-electron chi connectivity index (χ3n) is 4.97. The summed E-state index contributed by atoms with van der Waals surface area (Å²) in [6.07, 6.45) is 1.42. The molecule has 0 unspecified atom stereocenters. The number of hydrogen-bond donors (Lipinski definition) is 1. The van der Waals surface area contributed by atoms with E-state index in [1.54, 1.807) is 42.5 Å². The van der Waals surface area contributed by atoms with Crippen molar-refractivity contribution in [2.24, 2.45) is 5.10 Å². The first-order valence-electron chi connectivity index (χ1n) is 11.3. The summed E-state index contributed by atoms with van der Waals surface area (Å²) < 4.78 is 22.3. The van der Waals surface area contributed by atoms with Crippen molar-refractivity contribution in [1.29, 1.82) is 0 Å². The Bertz CT molecular complexity index is 1280. The van der Waals surface area contributed by atoms with Crippen molar-refractivity contribution in [3.05, 3.63) is 86.4 Å². The first-order chi connectivity index (χ1) is 17.9. The molecule has 0 aliphatic rings. The van der Waals surface area contributed by atoms with Crippen LogP contribution in [0.5, 0.6) is 23.0 Å². The molecule has 1 amide bonds. The van der Waals surface area contributed by atoms with Gasteiger partial charge in [0.25, 0.3) is 11.6 Å². The lowest BCUT2D eigenvalue weighted by atomic mass is 10.2. The Kier molecular flexibility index (Phi) is 9.68. The molecule has 194 valence electrons. The van der Waals surface area contributed by atoms with Crippen molar-refractivity contribution >= 4 is 29.4 Å². The molecule has 11 heteroatoms. The van der Waals surface area contributed by atoms with Crippen LogP contribution in [0.15, 0.2) is 59.7 Å². The highest BCUT2D eigenvalue weighted by Crippen LogP contribution is 2.36. The highest BCUT2D eigenvalue weighted by molar-refractivity contribution is 6.32. The van der Waals surface area contributed by atoms with Crippen LogP contribution >= 0.6 is 11.6 Å². The van der Waals surface area contributed by atoms with Crippen LogP contribution in [0.4, 0.5) is 5.69 Å². The number of nitrogens with zero attached hydrogens (tertiary/aromatic N) is 2. The molecule has 0 spiro atoms. The Morgan fingerprint density at radius 1 is 1.00 bits per heavy atom. The van der Waals surface area contributed by atoms with E-state index in [0.29, 0.717) is 47.3 Å². The minimum Gasteiger partial charge on any atom is -0.493 e. The van der Waals surface area contributed by atoms with Crippen molar-refractivity contribution in [3.8, 4) is 23.0 Å². The van der Waals surface area contributed by atoms with E-state index in [1.165, 1.54) is 25.5 Å². The van der Waals surface area contributed by atoms with Crippen LogP contribution < -0.4 is 24.4 Å². The van der Waals surface area contributed by atoms with Gasteiger partial charge in [-0.2, -0.15) is 5.10 Å². The Balaban J connectivity index is 1.67. The number of hydrogen-bond acceptors (Lipinski definition) is 8. The molecule has 1 N–H and O–H groups in total. The molecule has 0 aromatic heterocycles. The lowest BCUT2D eigenvalue weighted by molar-refractivity contribution is -0.384. The maximum atomic E-state index is 12.6. The van der Waals surface area contributed by atoms with Gasteiger partial charge in [-0.05, 0) is 67.4 Å². The molecular formula is C26H26ClN3O7. The van der Waals surface area contributed by atoms with Gasteiger partial charge in [-0.3, -0.25) is 14.9 Å². The summed E-state index contributed by atoms with van der Waals surface area (Å²) in [6.45, 7) is 4.74. The monoisotopic (exact) mass is 527 g/mol. The number of amides is 1. The fraction of sp³-hybridized carbons (Fsp3) is 0.231. The van der Waals surface area contributed by atoms with Gasteiger partial charge in [0.15, 0.2) is 23.0 Å². The topological polar surface area (TPSA) is 122 Å². The molecule has 10 nitrogen and oxygen atoms in total. The van der Waals surface area contributed by atoms with Gasteiger partial charge in [-0.15, -0.1) is 0 Å². The van der Waals surface area contributed by atoms with Gasteiger partial charge < -0.3 is 18.9 Å². The predicted octanol–water partition coefficient (Wildman–Crippen LogP) is 5.40. The number of benzene rings is 3. The van der Waals surface area contributed by atoms with Gasteiger partial charge in [-0.25, -0.2) is 5.43 Å². The number of methoxy groups -OCH3 is 1. The summed E-state index contributed by atoms with van der Waals surface area (Å²) in [5, 5.41) is 15.1. The highest BCUT2D eigenvalue weighted by atomic mass is 35.5. The largest absolute Gasteiger partial charge is 0.493 e. The quantitative estimate of drug-likeness (QED) is 0.190. The molecule has 0 atom stereocenters. The normalized spacial score (nSPS) is 10.7. The van der Waals surface area contributed by atoms with E-state index >= 15 is 0 Å². The van der Waals surface area contributed by atoms with Crippen LogP contribution in [0.3, 0.4) is 0 Å². The predicted molar refractivity (Wildman–Crippen MR) is 139 cm³/mol. The maximum absolute atomic E-state index is 12.6. The van der Waals surface area contributed by atoms with E-state index in [2.05, 4.69) is 10.5 Å². The summed E-state index contributed by atoms with van der Waals surface area (Å²) in [4.78, 5) is 22.9. The van der Waals surface area contributed by atoms with Crippen LogP contribution in [0.25, 0.3) is 0 Å². The van der Waals surface area contributed by atoms with Gasteiger partial charge in [-0.1, -0.05) is 11.6 Å². The number of hydrazone groups is 1. The molecule has 0 radical (unpaired) electrons. The van der Waals surface area contributed by atoms with Crippen molar-refractivity contribution in [1.82, 2.24) is 5.43 Å². The minimum absolute atomic E-state index is 0.00708. The third-order valence-corrected chi connectivity index (χ3v) is 5.25. The number of rotatable bonds is 12. The zero-order valence-corrected chi connectivity index (χ0v) is 21.3. The number of carbonyl (C=O) groups is 1. The van der Waals surface area contributed by atoms with Crippen LogP contribution in [0, 0.1) is 10.1 Å². The Morgan fingerprint density at radius 2 is 1.70 bits per heavy atom. The molecule has 0 heterocycles. The molecule has 37 heavy (non-hydrogen) atoms. The van der Waals surface area contributed by atoms with Gasteiger partial charge in [0.1, 0.15) is 6.61 Å². The van der Waals surface area contributed by atoms with Crippen LogP contribution in [0.2, 0.25) is 5.02 Å². The number of ether oxygens (including phenoxy) is 4. The Morgan fingerprint density at radius 3 is 2.35 bits per heavy atom. The third kappa shape index (κ3) is 7.34. The molecular weight excluding hydrogens is 502 g/mol. The second-order valence-electron chi connectivity index (χ2n) is 7.47. The zero-order valence-electron chi connectivity index (χ0n) is 20.5. The van der Waals surface area contributed by atoms with Crippen LogP contribution in [-0.2, 0) is 6.61 Å². The smallest absolute Gasteiger partial charge is 0.271 e. The lowest BCUT2D eigenvalue weighted by Gasteiger charge is -2.13. The number of non-ortho nitro benzene ring substituents is 1. The van der Waals surface area contributed by atoms with E-state index in [-0.39, 0.29) is 17.3 Å². The molecule has 0 saturated carbocycles. The first-order valence-corrected chi connectivity index (χ1v) is 11.7. The molecule has 3 aromatic carbocycles. The van der Waals surface area contributed by atoms with Crippen molar-refractivity contribution in [2.75, 3.05) is 20.3 Å². The first kappa shape index (κ1) is 27.3. The number of halogens is 1. The molecule has 0 aliphatic heterocycles. The highest BCUT2D eigenvalue weighted by Gasteiger charge is 2.14. The fourth-order valence-electron chi connectivity index (χ4n) is 3.25. The van der Waals surface area contributed by atoms with Crippen molar-refractivity contribution in [2.45, 2.75) is 20.5 Å². The molecule has 3 rings (SSSR count). The number of carbonyl (C=O) groups excluding carboxylic acids is 1. The van der Waals surface area contributed by atoms with Gasteiger partial charge in [0.2, 0.25) is 0 Å². The molecule has 3 aromatic rings. The summed E-state index contributed by atoms with van der Waals surface area (Å²) in [5.41, 5.74) is 4.10. The SMILES string of the molecule is CCOc1ccc(C(=O)N/N=C/c2cc(Cl)c(OCc3ccc([N+](=O)[O-])cc3)c(OC)c2)cc1OCC. The Labute approximate surface area is 218 Å². The van der Waals surface area contributed by atoms with Gasteiger partial charge >= 0.3 is 0 Å². The van der Waals surface area contributed by atoms with Crippen molar-refractivity contribution in [3.63, 3.8) is 0 Å². The van der Waals surface area contributed by atoms with E-state index in [0.717, 1.165) is 5.56 Å². The van der Waals surface area contributed by atoms with E-state index in [1.807, 2.05) is 13.8 Å². The summed E-state index contributed by atoms with van der Waals surface area (Å²) >= 11 is 6.40. The van der Waals surface area contributed by atoms with Gasteiger partial charge in [0, 0.05) is 17.7 Å². The minimum atomic E-state index is -0.469. The van der Waals surface area contributed by atoms with Crippen molar-refractivity contribution < 1.29 is 28.7 Å². The number of nitro groups is 1. The molecule has 0 fully saturated rings. The van der Waals surface area contributed by atoms with E-state index < -0.39 is 10.8 Å². The van der Waals surface area contributed by atoms with Crippen LogP contribution in [-0.4, -0.2) is 37.4 Å². The number of nitro benzene ring substituents is 1. The van der Waals surface area contributed by atoms with E-state index in [9.17, 15) is 14.9 Å². The average molecular weight is 528 g/mol. The maximum Gasteiger partial charge on any atom is 0.271 e. The van der Waals surface area contributed by atoms with E-state index in [4.69, 9.17) is 30.5 Å². The lowest BCUT2D eigenvalue weighted by Crippen LogP contribution is -2.17. The van der Waals surface area contributed by atoms with Gasteiger partial charge in [0.05, 0.1) is 36.5 Å². The second kappa shape index (κ2) is 13.1. The molecule has 0 bridgehead atoms. The molecule has 0 aliphatic carbocycles.